The van der Waals surface area contributed by atoms with Crippen LogP contribution in [-0.2, 0) is 4.74 Å². The third-order valence-corrected chi connectivity index (χ3v) is 2.58. The van der Waals surface area contributed by atoms with Crippen molar-refractivity contribution in [2.45, 2.75) is 58.4 Å². The molecular weight excluding hydrogens is 174 g/mol. The summed E-state index contributed by atoms with van der Waals surface area (Å²) in [6, 6.07) is 0.579. The molecule has 0 aromatic rings. The fourth-order valence-electron chi connectivity index (χ4n) is 1.31. The number of rotatable bonds is 10. The van der Waals surface area contributed by atoms with E-state index in [4.69, 9.17) is 4.74 Å². The summed E-state index contributed by atoms with van der Waals surface area (Å²) in [6.07, 6.45) is 7.74. The second kappa shape index (κ2) is 11.0. The molecule has 0 bridgehead atoms. The fourth-order valence-corrected chi connectivity index (χ4v) is 1.31. The number of hydrogen-bond acceptors (Lipinski definition) is 2. The highest BCUT2D eigenvalue weighted by molar-refractivity contribution is 4.54. The Hall–Kier alpha value is -0.0800. The molecule has 0 amide bonds. The second-order valence-corrected chi connectivity index (χ2v) is 4.00. The van der Waals surface area contributed by atoms with E-state index in [-0.39, 0.29) is 0 Å². The monoisotopic (exact) mass is 201 g/mol. The summed E-state index contributed by atoms with van der Waals surface area (Å²) in [5.41, 5.74) is 0. The molecule has 0 heterocycles. The summed E-state index contributed by atoms with van der Waals surface area (Å²) in [5, 5.41) is 3.20. The molecule has 2 nitrogen and oxygen atoms in total. The summed E-state index contributed by atoms with van der Waals surface area (Å²) < 4.78 is 5.55. The van der Waals surface area contributed by atoms with Crippen LogP contribution in [0.1, 0.15) is 52.4 Å². The Morgan fingerprint density at radius 3 is 2.43 bits per heavy atom. The molecule has 0 fully saturated rings. The van der Waals surface area contributed by atoms with Gasteiger partial charge in [0, 0.05) is 19.3 Å². The average molecular weight is 201 g/mol. The molecule has 0 saturated heterocycles. The molecule has 86 valence electrons. The van der Waals surface area contributed by atoms with E-state index in [1.54, 1.807) is 0 Å². The minimum absolute atomic E-state index is 0.579. The quantitative estimate of drug-likeness (QED) is 0.549. The first-order valence-corrected chi connectivity index (χ1v) is 6.06. The molecule has 0 radical (unpaired) electrons. The summed E-state index contributed by atoms with van der Waals surface area (Å²) in [4.78, 5) is 0. The predicted molar refractivity (Wildman–Crippen MR) is 62.7 cm³/mol. The Labute approximate surface area is 89.4 Å². The molecular formula is C12H27NO. The van der Waals surface area contributed by atoms with Crippen LogP contribution in [0.15, 0.2) is 0 Å². The van der Waals surface area contributed by atoms with Crippen LogP contribution in [-0.4, -0.2) is 26.3 Å². The van der Waals surface area contributed by atoms with Crippen LogP contribution < -0.4 is 5.32 Å². The standard InChI is InChI=1S/C12H27NO/c1-4-5-6-7-8-10-14-11-9-12(2)13-3/h12-13H,4-11H2,1-3H3. The highest BCUT2D eigenvalue weighted by Crippen LogP contribution is 2.02. The first kappa shape index (κ1) is 13.9. The Kier molecular flexibility index (Phi) is 10.9. The van der Waals surface area contributed by atoms with Gasteiger partial charge in [-0.2, -0.15) is 0 Å². The zero-order valence-corrected chi connectivity index (χ0v) is 10.1. The van der Waals surface area contributed by atoms with Gasteiger partial charge < -0.3 is 10.1 Å². The van der Waals surface area contributed by atoms with Gasteiger partial charge in [-0.05, 0) is 26.8 Å². The van der Waals surface area contributed by atoms with Crippen LogP contribution in [0.3, 0.4) is 0 Å². The van der Waals surface area contributed by atoms with Crippen LogP contribution in [0.25, 0.3) is 0 Å². The van der Waals surface area contributed by atoms with E-state index in [1.807, 2.05) is 7.05 Å². The van der Waals surface area contributed by atoms with Crippen molar-refractivity contribution >= 4 is 0 Å². The van der Waals surface area contributed by atoms with E-state index in [1.165, 1.54) is 32.1 Å². The Morgan fingerprint density at radius 2 is 1.79 bits per heavy atom. The molecule has 0 aliphatic carbocycles. The van der Waals surface area contributed by atoms with Crippen molar-refractivity contribution in [3.8, 4) is 0 Å². The second-order valence-electron chi connectivity index (χ2n) is 4.00. The van der Waals surface area contributed by atoms with E-state index in [9.17, 15) is 0 Å². The smallest absolute Gasteiger partial charge is 0.0480 e. The van der Waals surface area contributed by atoms with E-state index >= 15 is 0 Å². The van der Waals surface area contributed by atoms with E-state index in [2.05, 4.69) is 19.2 Å². The average Bonchev–Trinajstić information content (AvgIpc) is 2.21. The van der Waals surface area contributed by atoms with Crippen molar-refractivity contribution in [3.63, 3.8) is 0 Å². The zero-order chi connectivity index (χ0) is 10.6. The molecule has 1 N–H and O–H groups in total. The highest BCUT2D eigenvalue weighted by atomic mass is 16.5. The Morgan fingerprint density at radius 1 is 1.07 bits per heavy atom. The van der Waals surface area contributed by atoms with Gasteiger partial charge in [-0.1, -0.05) is 32.6 Å². The lowest BCUT2D eigenvalue weighted by Crippen LogP contribution is -2.22. The van der Waals surface area contributed by atoms with Gasteiger partial charge in [-0.15, -0.1) is 0 Å². The van der Waals surface area contributed by atoms with Crippen LogP contribution in [0, 0.1) is 0 Å². The number of nitrogens with one attached hydrogen (secondary N) is 1. The minimum atomic E-state index is 0.579. The summed E-state index contributed by atoms with van der Waals surface area (Å²) in [7, 11) is 2.00. The summed E-state index contributed by atoms with van der Waals surface area (Å²) >= 11 is 0. The molecule has 2 heteroatoms. The van der Waals surface area contributed by atoms with Gasteiger partial charge in [-0.3, -0.25) is 0 Å². The largest absolute Gasteiger partial charge is 0.381 e. The fraction of sp³-hybridized carbons (Fsp3) is 1.00. The van der Waals surface area contributed by atoms with Crippen molar-refractivity contribution in [1.29, 1.82) is 0 Å². The van der Waals surface area contributed by atoms with Crippen molar-refractivity contribution < 1.29 is 4.74 Å². The number of unbranched alkanes of at least 4 members (excludes halogenated alkanes) is 4. The third kappa shape index (κ3) is 10.0. The van der Waals surface area contributed by atoms with E-state index in [0.29, 0.717) is 6.04 Å². The van der Waals surface area contributed by atoms with Crippen molar-refractivity contribution in [2.24, 2.45) is 0 Å². The molecule has 1 atom stereocenters. The lowest BCUT2D eigenvalue weighted by atomic mass is 10.2. The van der Waals surface area contributed by atoms with Crippen molar-refractivity contribution in [2.75, 3.05) is 20.3 Å². The van der Waals surface area contributed by atoms with Gasteiger partial charge in [0.25, 0.3) is 0 Å². The molecule has 0 aliphatic heterocycles. The molecule has 1 unspecified atom stereocenters. The number of hydrogen-bond donors (Lipinski definition) is 1. The summed E-state index contributed by atoms with van der Waals surface area (Å²) in [5.74, 6) is 0. The maximum Gasteiger partial charge on any atom is 0.0480 e. The van der Waals surface area contributed by atoms with Gasteiger partial charge in [0.05, 0.1) is 0 Å². The lowest BCUT2D eigenvalue weighted by molar-refractivity contribution is 0.122. The highest BCUT2D eigenvalue weighted by Gasteiger charge is 1.96. The van der Waals surface area contributed by atoms with Gasteiger partial charge in [0.2, 0.25) is 0 Å². The van der Waals surface area contributed by atoms with Crippen LogP contribution >= 0.6 is 0 Å². The Bertz CT molecular complexity index is 106. The van der Waals surface area contributed by atoms with Gasteiger partial charge >= 0.3 is 0 Å². The first-order chi connectivity index (χ1) is 6.81. The van der Waals surface area contributed by atoms with E-state index in [0.717, 1.165) is 19.6 Å². The molecule has 0 aliphatic rings. The minimum Gasteiger partial charge on any atom is -0.381 e. The third-order valence-electron chi connectivity index (χ3n) is 2.58. The SMILES string of the molecule is CCCCCCCOCCC(C)NC. The zero-order valence-electron chi connectivity index (χ0n) is 10.1. The molecule has 0 saturated carbocycles. The molecule has 0 aromatic heterocycles. The van der Waals surface area contributed by atoms with Crippen molar-refractivity contribution in [1.82, 2.24) is 5.32 Å². The lowest BCUT2D eigenvalue weighted by Gasteiger charge is -2.09. The topological polar surface area (TPSA) is 21.3 Å². The molecule has 0 spiro atoms. The Balaban J connectivity index is 2.92. The van der Waals surface area contributed by atoms with Crippen LogP contribution in [0.4, 0.5) is 0 Å². The first-order valence-electron chi connectivity index (χ1n) is 6.06. The predicted octanol–water partition coefficient (Wildman–Crippen LogP) is 2.97. The van der Waals surface area contributed by atoms with Gasteiger partial charge in [-0.25, -0.2) is 0 Å². The van der Waals surface area contributed by atoms with E-state index < -0.39 is 0 Å². The van der Waals surface area contributed by atoms with Crippen LogP contribution in [0.5, 0.6) is 0 Å². The van der Waals surface area contributed by atoms with Gasteiger partial charge in [0.15, 0.2) is 0 Å². The normalized spacial score (nSPS) is 13.1. The maximum atomic E-state index is 5.55. The summed E-state index contributed by atoms with van der Waals surface area (Å²) in [6.45, 7) is 6.27. The van der Waals surface area contributed by atoms with Crippen molar-refractivity contribution in [3.05, 3.63) is 0 Å². The molecule has 0 rings (SSSR count). The van der Waals surface area contributed by atoms with Gasteiger partial charge in [0.1, 0.15) is 0 Å². The molecule has 0 aromatic carbocycles. The van der Waals surface area contributed by atoms with Crippen LogP contribution in [0.2, 0.25) is 0 Å². The molecule has 14 heavy (non-hydrogen) atoms. The number of ether oxygens (including phenoxy) is 1. The maximum absolute atomic E-state index is 5.55.